The maximum Gasteiger partial charge on any atom is 0.255 e. The molecule has 1 aromatic carbocycles. The molecule has 0 spiro atoms. The number of hydrogen-bond acceptors (Lipinski definition) is 2. The molecule has 0 N–H and O–H groups in total. The predicted molar refractivity (Wildman–Crippen MR) is 81.8 cm³/mol. The fourth-order valence-corrected chi connectivity index (χ4v) is 2.84. The highest BCUT2D eigenvalue weighted by molar-refractivity contribution is 14.1. The second-order valence-electron chi connectivity index (χ2n) is 5.44. The van der Waals surface area contributed by atoms with E-state index in [0.717, 1.165) is 28.8 Å². The van der Waals surface area contributed by atoms with E-state index in [1.54, 1.807) is 0 Å². The number of carbonyl (C=O) groups excluding carboxylic acids is 1. The van der Waals surface area contributed by atoms with Crippen molar-refractivity contribution in [3.63, 3.8) is 0 Å². The van der Waals surface area contributed by atoms with Gasteiger partial charge in [0.25, 0.3) is 5.91 Å². The van der Waals surface area contributed by atoms with Crippen LogP contribution in [-0.4, -0.2) is 47.9 Å². The number of benzene rings is 1. The molecule has 0 radical (unpaired) electrons. The van der Waals surface area contributed by atoms with Gasteiger partial charge in [0.05, 0.1) is 5.56 Å². The summed E-state index contributed by atoms with van der Waals surface area (Å²) in [7, 11) is 2.12. The normalized spacial score (nSPS) is 19.9. The van der Waals surface area contributed by atoms with Crippen LogP contribution in [0.4, 0.5) is 0 Å². The Labute approximate surface area is 122 Å². The molecule has 18 heavy (non-hydrogen) atoms. The smallest absolute Gasteiger partial charge is 0.255 e. The van der Waals surface area contributed by atoms with Crippen LogP contribution in [0.2, 0.25) is 0 Å². The third kappa shape index (κ3) is 2.69. The number of hydrogen-bond donors (Lipinski definition) is 0. The Kier molecular flexibility index (Phi) is 3.96. The molecule has 0 saturated carbocycles. The second kappa shape index (κ2) is 5.17. The lowest BCUT2D eigenvalue weighted by Gasteiger charge is -2.45. The number of amides is 1. The van der Waals surface area contributed by atoms with Gasteiger partial charge in [-0.15, -0.1) is 0 Å². The van der Waals surface area contributed by atoms with Gasteiger partial charge in [-0.3, -0.25) is 9.69 Å². The first kappa shape index (κ1) is 13.8. The average molecular weight is 358 g/mol. The Morgan fingerprint density at radius 2 is 1.94 bits per heavy atom. The highest BCUT2D eigenvalue weighted by atomic mass is 127. The zero-order valence-electron chi connectivity index (χ0n) is 11.1. The number of halogens is 1. The van der Waals surface area contributed by atoms with Gasteiger partial charge in [-0.1, -0.05) is 12.1 Å². The molecule has 0 atom stereocenters. The minimum atomic E-state index is 0.0497. The molecule has 0 unspecified atom stereocenters. The van der Waals surface area contributed by atoms with Gasteiger partial charge in [-0.2, -0.15) is 0 Å². The third-order valence-corrected chi connectivity index (χ3v) is 4.65. The van der Waals surface area contributed by atoms with E-state index in [9.17, 15) is 4.79 Å². The minimum Gasteiger partial charge on any atom is -0.335 e. The molecule has 4 heteroatoms. The Hall–Kier alpha value is -0.620. The van der Waals surface area contributed by atoms with Crippen molar-refractivity contribution < 1.29 is 4.79 Å². The minimum absolute atomic E-state index is 0.0497. The Morgan fingerprint density at radius 3 is 2.56 bits per heavy atom. The predicted octanol–water partition coefficient (Wildman–Crippen LogP) is 2.46. The maximum absolute atomic E-state index is 12.5. The second-order valence-corrected chi connectivity index (χ2v) is 6.60. The summed E-state index contributed by atoms with van der Waals surface area (Å²) in [5, 5.41) is 0. The Balaban J connectivity index is 2.18. The quantitative estimate of drug-likeness (QED) is 0.720. The van der Waals surface area contributed by atoms with E-state index < -0.39 is 0 Å². The van der Waals surface area contributed by atoms with Crippen molar-refractivity contribution in [2.45, 2.75) is 19.4 Å². The number of likely N-dealkylation sites (N-methyl/N-ethyl adjacent to an activating group) is 1. The van der Waals surface area contributed by atoms with Crippen LogP contribution in [0.15, 0.2) is 24.3 Å². The molecule has 1 saturated heterocycles. The van der Waals surface area contributed by atoms with Gasteiger partial charge in [0, 0.05) is 28.7 Å². The zero-order chi connectivity index (χ0) is 13.3. The van der Waals surface area contributed by atoms with Gasteiger partial charge in [0.1, 0.15) is 0 Å². The van der Waals surface area contributed by atoms with Crippen molar-refractivity contribution in [2.75, 3.05) is 26.7 Å². The summed E-state index contributed by atoms with van der Waals surface area (Å²) in [6, 6.07) is 7.79. The summed E-state index contributed by atoms with van der Waals surface area (Å²) >= 11 is 2.23. The van der Waals surface area contributed by atoms with E-state index in [2.05, 4.69) is 48.4 Å². The van der Waals surface area contributed by atoms with E-state index in [1.165, 1.54) is 0 Å². The van der Waals surface area contributed by atoms with Gasteiger partial charge in [0.15, 0.2) is 0 Å². The van der Waals surface area contributed by atoms with Crippen LogP contribution >= 0.6 is 22.6 Å². The summed E-state index contributed by atoms with van der Waals surface area (Å²) in [5.74, 6) is 0.154. The van der Waals surface area contributed by atoms with Crippen molar-refractivity contribution in [1.29, 1.82) is 0 Å². The van der Waals surface area contributed by atoms with Crippen LogP contribution in [0, 0.1) is 3.57 Å². The van der Waals surface area contributed by atoms with E-state index in [-0.39, 0.29) is 11.4 Å². The first-order chi connectivity index (χ1) is 8.42. The summed E-state index contributed by atoms with van der Waals surface area (Å²) in [4.78, 5) is 16.8. The number of rotatable bonds is 1. The first-order valence-electron chi connectivity index (χ1n) is 6.17. The molecule has 1 fully saturated rings. The van der Waals surface area contributed by atoms with Crippen molar-refractivity contribution in [2.24, 2.45) is 0 Å². The van der Waals surface area contributed by atoms with Crippen LogP contribution in [-0.2, 0) is 0 Å². The largest absolute Gasteiger partial charge is 0.335 e. The SMILES string of the molecule is CN1CCN(C(=O)c2ccccc2I)CC1(C)C. The van der Waals surface area contributed by atoms with Crippen LogP contribution in [0.3, 0.4) is 0 Å². The fourth-order valence-electron chi connectivity index (χ4n) is 2.22. The number of nitrogens with zero attached hydrogens (tertiary/aromatic N) is 2. The fraction of sp³-hybridized carbons (Fsp3) is 0.500. The average Bonchev–Trinajstić information content (AvgIpc) is 2.32. The molecule has 0 aromatic heterocycles. The van der Waals surface area contributed by atoms with E-state index in [4.69, 9.17) is 0 Å². The van der Waals surface area contributed by atoms with Gasteiger partial charge in [-0.25, -0.2) is 0 Å². The topological polar surface area (TPSA) is 23.6 Å². The molecule has 1 heterocycles. The molecule has 1 aromatic rings. The molecule has 3 nitrogen and oxygen atoms in total. The van der Waals surface area contributed by atoms with Gasteiger partial charge < -0.3 is 4.90 Å². The van der Waals surface area contributed by atoms with E-state index in [1.807, 2.05) is 29.2 Å². The van der Waals surface area contributed by atoms with Crippen LogP contribution in [0.1, 0.15) is 24.2 Å². The molecule has 98 valence electrons. The molecule has 0 bridgehead atoms. The molecular formula is C14H19IN2O. The van der Waals surface area contributed by atoms with E-state index in [0.29, 0.717) is 0 Å². The maximum atomic E-state index is 12.5. The number of piperazine rings is 1. The lowest BCUT2D eigenvalue weighted by Crippen LogP contribution is -2.58. The molecular weight excluding hydrogens is 339 g/mol. The van der Waals surface area contributed by atoms with Crippen LogP contribution in [0.5, 0.6) is 0 Å². The Morgan fingerprint density at radius 1 is 1.28 bits per heavy atom. The van der Waals surface area contributed by atoms with Gasteiger partial charge in [-0.05, 0) is 55.6 Å². The first-order valence-corrected chi connectivity index (χ1v) is 7.25. The van der Waals surface area contributed by atoms with Crippen LogP contribution < -0.4 is 0 Å². The number of carbonyl (C=O) groups is 1. The highest BCUT2D eigenvalue weighted by Crippen LogP contribution is 2.22. The lowest BCUT2D eigenvalue weighted by molar-refractivity contribution is 0.0310. The molecule has 1 amide bonds. The van der Waals surface area contributed by atoms with Crippen LogP contribution in [0.25, 0.3) is 0 Å². The lowest BCUT2D eigenvalue weighted by atomic mass is 9.99. The monoisotopic (exact) mass is 358 g/mol. The Bertz CT molecular complexity index is 459. The van der Waals surface area contributed by atoms with Gasteiger partial charge >= 0.3 is 0 Å². The molecule has 1 aliphatic heterocycles. The highest BCUT2D eigenvalue weighted by Gasteiger charge is 2.33. The zero-order valence-corrected chi connectivity index (χ0v) is 13.3. The van der Waals surface area contributed by atoms with Crippen molar-refractivity contribution in [1.82, 2.24) is 9.80 Å². The van der Waals surface area contributed by atoms with Crippen molar-refractivity contribution in [3.8, 4) is 0 Å². The molecule has 1 aliphatic rings. The summed E-state index contributed by atoms with van der Waals surface area (Å²) in [6.07, 6.45) is 0. The van der Waals surface area contributed by atoms with Gasteiger partial charge in [0.2, 0.25) is 0 Å². The summed E-state index contributed by atoms with van der Waals surface area (Å²) in [5.41, 5.74) is 0.868. The summed E-state index contributed by atoms with van der Waals surface area (Å²) < 4.78 is 1.02. The molecule has 2 rings (SSSR count). The van der Waals surface area contributed by atoms with Crippen molar-refractivity contribution >= 4 is 28.5 Å². The van der Waals surface area contributed by atoms with E-state index >= 15 is 0 Å². The third-order valence-electron chi connectivity index (χ3n) is 3.71. The standard InChI is InChI=1S/C14H19IN2O/c1-14(2)10-17(9-8-16(14)3)13(18)11-6-4-5-7-12(11)15/h4-7H,8-10H2,1-3H3. The molecule has 0 aliphatic carbocycles. The summed E-state index contributed by atoms with van der Waals surface area (Å²) in [6.45, 7) is 6.89. The van der Waals surface area contributed by atoms with Crippen molar-refractivity contribution in [3.05, 3.63) is 33.4 Å².